The van der Waals surface area contributed by atoms with Gasteiger partial charge in [0.2, 0.25) is 0 Å². The predicted molar refractivity (Wildman–Crippen MR) is 85.7 cm³/mol. The fourth-order valence-corrected chi connectivity index (χ4v) is 2.36. The second-order valence-corrected chi connectivity index (χ2v) is 5.27. The van der Waals surface area contributed by atoms with E-state index in [1.54, 1.807) is 0 Å². The van der Waals surface area contributed by atoms with Crippen LogP contribution in [0.2, 0.25) is 0 Å². The Morgan fingerprint density at radius 1 is 1.00 bits per heavy atom. The highest BCUT2D eigenvalue weighted by Crippen LogP contribution is 2.27. The highest BCUT2D eigenvalue weighted by molar-refractivity contribution is 5.55. The molecule has 0 aliphatic carbocycles. The van der Waals surface area contributed by atoms with Gasteiger partial charge in [-0.2, -0.15) is 0 Å². The van der Waals surface area contributed by atoms with Crippen LogP contribution in [-0.4, -0.2) is 13.1 Å². The molecule has 0 saturated carbocycles. The molecule has 0 unspecified atom stereocenters. The molecule has 0 bridgehead atoms. The number of benzene rings is 1. The molecule has 0 aliphatic rings. The largest absolute Gasteiger partial charge is 0.371 e. The summed E-state index contributed by atoms with van der Waals surface area (Å²) in [5, 5.41) is 0. The molecule has 0 fully saturated rings. The zero-order valence-electron chi connectivity index (χ0n) is 12.9. The molecule has 0 radical (unpaired) electrons. The normalized spacial score (nSPS) is 12.4. The molecular weight excluding hydrogens is 232 g/mol. The summed E-state index contributed by atoms with van der Waals surface area (Å²) in [4.78, 5) is 2.53. The third-order valence-electron chi connectivity index (χ3n) is 3.68. The lowest BCUT2D eigenvalue weighted by atomic mass is 10.0. The lowest BCUT2D eigenvalue weighted by molar-refractivity contribution is 0.657. The van der Waals surface area contributed by atoms with E-state index in [9.17, 15) is 0 Å². The van der Waals surface area contributed by atoms with Gasteiger partial charge in [-0.25, -0.2) is 0 Å². The summed E-state index contributed by atoms with van der Waals surface area (Å²) in [7, 11) is 0. The lowest BCUT2D eigenvalue weighted by Gasteiger charge is -2.28. The van der Waals surface area contributed by atoms with E-state index < -0.39 is 0 Å². The van der Waals surface area contributed by atoms with Crippen molar-refractivity contribution in [2.45, 2.75) is 58.9 Å². The van der Waals surface area contributed by atoms with E-state index in [1.165, 1.54) is 36.9 Å². The minimum atomic E-state index is 0.155. The smallest absolute Gasteiger partial charge is 0.0414 e. The van der Waals surface area contributed by atoms with Crippen LogP contribution >= 0.6 is 0 Å². The molecule has 0 heterocycles. The van der Waals surface area contributed by atoms with Crippen molar-refractivity contribution in [2.24, 2.45) is 5.73 Å². The molecule has 1 aromatic carbocycles. The molecule has 0 aromatic heterocycles. The molecule has 1 rings (SSSR count). The van der Waals surface area contributed by atoms with Crippen LogP contribution in [0.3, 0.4) is 0 Å². The average Bonchev–Trinajstić information content (AvgIpc) is 2.47. The maximum atomic E-state index is 6.26. The number of nitrogens with zero attached hydrogens (tertiary/aromatic N) is 1. The number of anilines is 1. The first kappa shape index (κ1) is 16.0. The van der Waals surface area contributed by atoms with E-state index in [0.717, 1.165) is 19.5 Å². The van der Waals surface area contributed by atoms with E-state index >= 15 is 0 Å². The summed E-state index contributed by atoms with van der Waals surface area (Å²) >= 11 is 0. The average molecular weight is 262 g/mol. The van der Waals surface area contributed by atoms with Gasteiger partial charge in [0.1, 0.15) is 0 Å². The molecule has 1 atom stereocenters. The number of unbranched alkanes of at least 4 members (excludes halogenated alkanes) is 2. The number of nitrogens with two attached hydrogens (primary N) is 1. The van der Waals surface area contributed by atoms with Gasteiger partial charge in [0.05, 0.1) is 0 Å². The molecule has 0 amide bonds. The zero-order chi connectivity index (χ0) is 14.1. The fraction of sp³-hybridized carbons (Fsp3) is 0.647. The maximum absolute atomic E-state index is 6.26. The molecule has 1 aromatic rings. The van der Waals surface area contributed by atoms with Gasteiger partial charge in [-0.15, -0.1) is 0 Å². The van der Waals surface area contributed by atoms with Crippen molar-refractivity contribution in [2.75, 3.05) is 18.0 Å². The summed E-state index contributed by atoms with van der Waals surface area (Å²) < 4.78 is 0. The second kappa shape index (κ2) is 8.98. The van der Waals surface area contributed by atoms with Gasteiger partial charge in [0, 0.05) is 24.8 Å². The molecule has 2 heteroatoms. The highest BCUT2D eigenvalue weighted by atomic mass is 15.1. The molecule has 19 heavy (non-hydrogen) atoms. The van der Waals surface area contributed by atoms with Crippen molar-refractivity contribution in [3.63, 3.8) is 0 Å². The Kier molecular flexibility index (Phi) is 7.57. The van der Waals surface area contributed by atoms with Crippen LogP contribution in [0, 0.1) is 0 Å². The van der Waals surface area contributed by atoms with Crippen molar-refractivity contribution in [1.82, 2.24) is 0 Å². The van der Waals surface area contributed by atoms with Crippen LogP contribution in [0.15, 0.2) is 24.3 Å². The standard InChI is InChI=1S/C17H30N2/c1-4-7-13-19(14-8-5-2)17-12-10-9-11-15(17)16(18)6-3/h9-12,16H,4-8,13-14,18H2,1-3H3/t16-/m1/s1. The minimum Gasteiger partial charge on any atom is -0.371 e. The Labute approximate surface area is 119 Å². The Morgan fingerprint density at radius 2 is 1.58 bits per heavy atom. The number of hydrogen-bond donors (Lipinski definition) is 1. The molecule has 2 nitrogen and oxygen atoms in total. The molecule has 0 spiro atoms. The van der Waals surface area contributed by atoms with Crippen LogP contribution in [0.25, 0.3) is 0 Å². The van der Waals surface area contributed by atoms with Crippen molar-refractivity contribution < 1.29 is 0 Å². The Balaban J connectivity index is 2.92. The van der Waals surface area contributed by atoms with Crippen molar-refractivity contribution in [3.05, 3.63) is 29.8 Å². The predicted octanol–water partition coefficient (Wildman–Crippen LogP) is 4.50. The van der Waals surface area contributed by atoms with Gasteiger partial charge in [0.15, 0.2) is 0 Å². The first-order chi connectivity index (χ1) is 9.24. The molecule has 108 valence electrons. The van der Waals surface area contributed by atoms with Gasteiger partial charge in [-0.3, -0.25) is 0 Å². The van der Waals surface area contributed by atoms with E-state index in [1.807, 2.05) is 0 Å². The topological polar surface area (TPSA) is 29.3 Å². The number of rotatable bonds is 9. The molecule has 2 N–H and O–H groups in total. The first-order valence-electron chi connectivity index (χ1n) is 7.83. The third kappa shape index (κ3) is 4.87. The quantitative estimate of drug-likeness (QED) is 0.710. The number of hydrogen-bond acceptors (Lipinski definition) is 2. The van der Waals surface area contributed by atoms with Crippen molar-refractivity contribution >= 4 is 5.69 Å². The Hall–Kier alpha value is -1.02. The molecule has 0 aliphatic heterocycles. The van der Waals surface area contributed by atoms with E-state index in [2.05, 4.69) is 49.9 Å². The van der Waals surface area contributed by atoms with E-state index in [0.29, 0.717) is 0 Å². The second-order valence-electron chi connectivity index (χ2n) is 5.27. The van der Waals surface area contributed by atoms with Crippen molar-refractivity contribution in [1.29, 1.82) is 0 Å². The summed E-state index contributed by atoms with van der Waals surface area (Å²) in [5.41, 5.74) is 8.91. The fourth-order valence-electron chi connectivity index (χ4n) is 2.36. The van der Waals surface area contributed by atoms with Gasteiger partial charge >= 0.3 is 0 Å². The monoisotopic (exact) mass is 262 g/mol. The third-order valence-corrected chi connectivity index (χ3v) is 3.68. The van der Waals surface area contributed by atoms with Gasteiger partial charge < -0.3 is 10.6 Å². The SMILES string of the molecule is CCCCN(CCCC)c1ccccc1[C@H](N)CC. The van der Waals surface area contributed by atoms with Crippen LogP contribution < -0.4 is 10.6 Å². The highest BCUT2D eigenvalue weighted by Gasteiger charge is 2.14. The summed E-state index contributed by atoms with van der Waals surface area (Å²) in [5.74, 6) is 0. The zero-order valence-corrected chi connectivity index (χ0v) is 12.9. The van der Waals surface area contributed by atoms with Gasteiger partial charge in [0.25, 0.3) is 0 Å². The van der Waals surface area contributed by atoms with Crippen LogP contribution in [0.4, 0.5) is 5.69 Å². The van der Waals surface area contributed by atoms with E-state index in [4.69, 9.17) is 5.73 Å². The molecular formula is C17H30N2. The molecule has 0 saturated heterocycles. The first-order valence-corrected chi connectivity index (χ1v) is 7.83. The summed E-state index contributed by atoms with van der Waals surface area (Å²) in [6.45, 7) is 8.95. The van der Waals surface area contributed by atoms with Gasteiger partial charge in [-0.1, -0.05) is 51.8 Å². The van der Waals surface area contributed by atoms with Crippen LogP contribution in [0.1, 0.15) is 64.5 Å². The van der Waals surface area contributed by atoms with E-state index in [-0.39, 0.29) is 6.04 Å². The van der Waals surface area contributed by atoms with Crippen LogP contribution in [-0.2, 0) is 0 Å². The van der Waals surface area contributed by atoms with Gasteiger partial charge in [-0.05, 0) is 30.9 Å². The minimum absolute atomic E-state index is 0.155. The Bertz CT molecular complexity index is 341. The lowest BCUT2D eigenvalue weighted by Crippen LogP contribution is -2.28. The summed E-state index contributed by atoms with van der Waals surface area (Å²) in [6, 6.07) is 8.81. The summed E-state index contributed by atoms with van der Waals surface area (Å²) in [6.07, 6.45) is 5.97. The number of para-hydroxylation sites is 1. The van der Waals surface area contributed by atoms with Crippen molar-refractivity contribution in [3.8, 4) is 0 Å². The maximum Gasteiger partial charge on any atom is 0.0414 e. The Morgan fingerprint density at radius 3 is 2.11 bits per heavy atom. The van der Waals surface area contributed by atoms with Crippen LogP contribution in [0.5, 0.6) is 0 Å².